The van der Waals surface area contributed by atoms with Crippen molar-refractivity contribution < 1.29 is 23.8 Å². The SMILES string of the molecule is CCOc1ccc(OCC(=O)OCC(=O)Nc2ccccc2[C@@H](C)CC)cc1. The summed E-state index contributed by atoms with van der Waals surface area (Å²) in [6.07, 6.45) is 0.963. The maximum atomic E-state index is 12.1. The lowest BCUT2D eigenvalue weighted by molar-refractivity contribution is -0.149. The average molecular weight is 385 g/mol. The first-order chi connectivity index (χ1) is 13.5. The zero-order valence-corrected chi connectivity index (χ0v) is 16.6. The molecule has 28 heavy (non-hydrogen) atoms. The summed E-state index contributed by atoms with van der Waals surface area (Å²) in [5.41, 5.74) is 1.80. The summed E-state index contributed by atoms with van der Waals surface area (Å²) in [7, 11) is 0. The molecule has 0 spiro atoms. The van der Waals surface area contributed by atoms with Crippen molar-refractivity contribution in [3.8, 4) is 11.5 Å². The van der Waals surface area contributed by atoms with E-state index in [1.165, 1.54) is 0 Å². The fraction of sp³-hybridized carbons (Fsp3) is 0.364. The first kappa shape index (κ1) is 21.3. The van der Waals surface area contributed by atoms with Crippen molar-refractivity contribution in [1.82, 2.24) is 0 Å². The van der Waals surface area contributed by atoms with Crippen LogP contribution in [0.1, 0.15) is 38.7 Å². The van der Waals surface area contributed by atoms with Crippen molar-refractivity contribution in [1.29, 1.82) is 0 Å². The molecule has 0 fully saturated rings. The lowest BCUT2D eigenvalue weighted by atomic mass is 9.97. The normalized spacial score (nSPS) is 11.4. The number of rotatable bonds is 10. The number of carbonyl (C=O) groups is 2. The molecule has 2 rings (SSSR count). The molecule has 0 saturated carbocycles. The lowest BCUT2D eigenvalue weighted by Crippen LogP contribution is -2.24. The topological polar surface area (TPSA) is 73.9 Å². The summed E-state index contributed by atoms with van der Waals surface area (Å²) in [4.78, 5) is 23.9. The fourth-order valence-electron chi connectivity index (χ4n) is 2.58. The minimum absolute atomic E-state index is 0.273. The van der Waals surface area contributed by atoms with Crippen molar-refractivity contribution in [3.05, 3.63) is 54.1 Å². The minimum atomic E-state index is -0.612. The quantitative estimate of drug-likeness (QED) is 0.622. The van der Waals surface area contributed by atoms with Crippen LogP contribution in [0, 0.1) is 0 Å². The standard InChI is InChI=1S/C22H27NO5/c1-4-16(3)19-8-6-7-9-20(19)23-21(24)14-28-22(25)15-27-18-12-10-17(11-13-18)26-5-2/h6-13,16H,4-5,14-15H2,1-3H3,(H,23,24)/t16-/m0/s1. The van der Waals surface area contributed by atoms with Gasteiger partial charge in [-0.1, -0.05) is 32.0 Å². The number of para-hydroxylation sites is 1. The van der Waals surface area contributed by atoms with Crippen molar-refractivity contribution >= 4 is 17.6 Å². The third kappa shape index (κ3) is 6.61. The van der Waals surface area contributed by atoms with Gasteiger partial charge in [-0.3, -0.25) is 4.79 Å². The summed E-state index contributed by atoms with van der Waals surface area (Å²) >= 11 is 0. The summed E-state index contributed by atoms with van der Waals surface area (Å²) in [6, 6.07) is 14.6. The van der Waals surface area contributed by atoms with Gasteiger partial charge >= 0.3 is 5.97 Å². The Kier molecular flexibility index (Phi) is 8.34. The van der Waals surface area contributed by atoms with Gasteiger partial charge in [0.2, 0.25) is 0 Å². The molecule has 0 unspecified atom stereocenters. The van der Waals surface area contributed by atoms with E-state index in [1.807, 2.05) is 31.2 Å². The van der Waals surface area contributed by atoms with Gasteiger partial charge in [0.15, 0.2) is 13.2 Å². The number of amides is 1. The lowest BCUT2D eigenvalue weighted by Gasteiger charge is -2.15. The third-order valence-corrected chi connectivity index (χ3v) is 4.23. The van der Waals surface area contributed by atoms with Crippen LogP contribution < -0.4 is 14.8 Å². The Morgan fingerprint density at radius 3 is 2.21 bits per heavy atom. The second-order valence-corrected chi connectivity index (χ2v) is 6.30. The number of carbonyl (C=O) groups excluding carboxylic acids is 2. The van der Waals surface area contributed by atoms with E-state index in [9.17, 15) is 9.59 Å². The van der Waals surface area contributed by atoms with Gasteiger partial charge in [0.25, 0.3) is 5.91 Å². The Bertz CT molecular complexity index is 773. The van der Waals surface area contributed by atoms with Gasteiger partial charge < -0.3 is 19.5 Å². The first-order valence-corrected chi connectivity index (χ1v) is 9.43. The molecule has 0 saturated heterocycles. The molecule has 1 atom stereocenters. The molecule has 0 bridgehead atoms. The van der Waals surface area contributed by atoms with Gasteiger partial charge in [-0.25, -0.2) is 4.79 Å². The van der Waals surface area contributed by atoms with Crippen LogP contribution >= 0.6 is 0 Å². The van der Waals surface area contributed by atoms with E-state index in [4.69, 9.17) is 14.2 Å². The Hall–Kier alpha value is -3.02. The predicted octanol–water partition coefficient (Wildman–Crippen LogP) is 4.16. The van der Waals surface area contributed by atoms with E-state index < -0.39 is 5.97 Å². The number of benzene rings is 2. The van der Waals surface area contributed by atoms with Gasteiger partial charge in [0, 0.05) is 5.69 Å². The van der Waals surface area contributed by atoms with E-state index in [2.05, 4.69) is 19.2 Å². The highest BCUT2D eigenvalue weighted by Crippen LogP contribution is 2.26. The van der Waals surface area contributed by atoms with Crippen LogP contribution in [0.25, 0.3) is 0 Å². The van der Waals surface area contributed by atoms with Crippen LogP contribution in [-0.2, 0) is 14.3 Å². The molecule has 6 nitrogen and oxygen atoms in total. The summed E-state index contributed by atoms with van der Waals surface area (Å²) in [5.74, 6) is 0.574. The van der Waals surface area contributed by atoms with Gasteiger partial charge in [0.1, 0.15) is 11.5 Å². The molecule has 150 valence electrons. The van der Waals surface area contributed by atoms with Crippen LogP contribution in [0.5, 0.6) is 11.5 Å². The summed E-state index contributed by atoms with van der Waals surface area (Å²) < 4.78 is 15.7. The number of nitrogens with one attached hydrogen (secondary N) is 1. The van der Waals surface area contributed by atoms with Crippen LogP contribution in [-0.4, -0.2) is 31.7 Å². The molecule has 0 aliphatic rings. The molecule has 0 aliphatic heterocycles. The summed E-state index contributed by atoms with van der Waals surface area (Å²) in [5, 5.41) is 2.80. The molecular weight excluding hydrogens is 358 g/mol. The number of anilines is 1. The maximum absolute atomic E-state index is 12.1. The number of esters is 1. The largest absolute Gasteiger partial charge is 0.494 e. The van der Waals surface area contributed by atoms with Crippen LogP contribution in [0.3, 0.4) is 0 Å². The first-order valence-electron chi connectivity index (χ1n) is 9.43. The van der Waals surface area contributed by atoms with E-state index in [0.29, 0.717) is 18.3 Å². The zero-order chi connectivity index (χ0) is 20.4. The second kappa shape index (κ2) is 11.0. The predicted molar refractivity (Wildman–Crippen MR) is 108 cm³/mol. The third-order valence-electron chi connectivity index (χ3n) is 4.23. The smallest absolute Gasteiger partial charge is 0.344 e. The molecule has 1 N–H and O–H groups in total. The number of hydrogen-bond donors (Lipinski definition) is 1. The van der Waals surface area contributed by atoms with Crippen LogP contribution in [0.2, 0.25) is 0 Å². The molecule has 0 aliphatic carbocycles. The summed E-state index contributed by atoms with van der Waals surface area (Å²) in [6.45, 7) is 6.04. The van der Waals surface area contributed by atoms with Gasteiger partial charge in [-0.05, 0) is 55.2 Å². The number of ether oxygens (including phenoxy) is 3. The van der Waals surface area contributed by atoms with E-state index >= 15 is 0 Å². The highest BCUT2D eigenvalue weighted by Gasteiger charge is 2.13. The van der Waals surface area contributed by atoms with E-state index in [1.54, 1.807) is 24.3 Å². The molecule has 6 heteroatoms. The van der Waals surface area contributed by atoms with Crippen molar-refractivity contribution in [2.45, 2.75) is 33.1 Å². The Labute approximate surface area is 165 Å². The second-order valence-electron chi connectivity index (χ2n) is 6.30. The van der Waals surface area contributed by atoms with Crippen molar-refractivity contribution in [3.63, 3.8) is 0 Å². The van der Waals surface area contributed by atoms with E-state index in [-0.39, 0.29) is 19.1 Å². The maximum Gasteiger partial charge on any atom is 0.344 e. The average Bonchev–Trinajstić information content (AvgIpc) is 2.72. The Balaban J connectivity index is 1.77. The Morgan fingerprint density at radius 1 is 0.929 bits per heavy atom. The molecule has 0 heterocycles. The molecular formula is C22H27NO5. The van der Waals surface area contributed by atoms with Crippen LogP contribution in [0.15, 0.2) is 48.5 Å². The Morgan fingerprint density at radius 2 is 1.57 bits per heavy atom. The fourth-order valence-corrected chi connectivity index (χ4v) is 2.58. The monoisotopic (exact) mass is 385 g/mol. The van der Waals surface area contributed by atoms with E-state index in [0.717, 1.165) is 23.4 Å². The molecule has 2 aromatic rings. The number of hydrogen-bond acceptors (Lipinski definition) is 5. The molecule has 1 amide bonds. The highest BCUT2D eigenvalue weighted by atomic mass is 16.6. The van der Waals surface area contributed by atoms with Crippen LogP contribution in [0.4, 0.5) is 5.69 Å². The molecule has 0 radical (unpaired) electrons. The molecule has 2 aromatic carbocycles. The highest BCUT2D eigenvalue weighted by molar-refractivity contribution is 5.93. The van der Waals surface area contributed by atoms with Crippen molar-refractivity contribution in [2.75, 3.05) is 25.1 Å². The van der Waals surface area contributed by atoms with Gasteiger partial charge in [0.05, 0.1) is 6.61 Å². The minimum Gasteiger partial charge on any atom is -0.494 e. The molecule has 0 aromatic heterocycles. The zero-order valence-electron chi connectivity index (χ0n) is 16.6. The van der Waals surface area contributed by atoms with Crippen molar-refractivity contribution in [2.24, 2.45) is 0 Å². The van der Waals surface area contributed by atoms with Gasteiger partial charge in [-0.2, -0.15) is 0 Å². The van der Waals surface area contributed by atoms with Gasteiger partial charge in [-0.15, -0.1) is 0 Å².